The van der Waals surface area contributed by atoms with Crippen molar-refractivity contribution < 1.29 is 14.6 Å². The zero-order valence-electron chi connectivity index (χ0n) is 10.9. The van der Waals surface area contributed by atoms with Crippen LogP contribution < -0.4 is 9.47 Å². The van der Waals surface area contributed by atoms with E-state index in [1.54, 1.807) is 31.4 Å². The molecule has 1 aromatic heterocycles. The van der Waals surface area contributed by atoms with Gasteiger partial charge in [0.05, 0.1) is 24.9 Å². The average molecular weight is 359 g/mol. The third-order valence-corrected chi connectivity index (χ3v) is 3.82. The van der Waals surface area contributed by atoms with Gasteiger partial charge in [0, 0.05) is 11.8 Å². The van der Waals surface area contributed by atoms with Crippen molar-refractivity contribution in [3.63, 3.8) is 0 Å². The van der Waals surface area contributed by atoms with Crippen molar-refractivity contribution in [1.29, 1.82) is 0 Å². The molecule has 6 heteroatoms. The summed E-state index contributed by atoms with van der Waals surface area (Å²) in [5.74, 6) is 1.13. The average Bonchev–Trinajstić information content (AvgIpc) is 2.47. The molecule has 0 saturated carbocycles. The van der Waals surface area contributed by atoms with Crippen LogP contribution in [0.2, 0.25) is 5.02 Å². The highest BCUT2D eigenvalue weighted by molar-refractivity contribution is 9.10. The highest BCUT2D eigenvalue weighted by Crippen LogP contribution is 2.40. The van der Waals surface area contributed by atoms with Crippen LogP contribution in [0, 0.1) is 0 Å². The van der Waals surface area contributed by atoms with Crippen LogP contribution in [0.3, 0.4) is 0 Å². The van der Waals surface area contributed by atoms with E-state index >= 15 is 0 Å². The first-order valence-electron chi connectivity index (χ1n) is 5.78. The van der Waals surface area contributed by atoms with Gasteiger partial charge in [-0.15, -0.1) is 0 Å². The molecule has 1 atom stereocenters. The molecule has 1 N–H and O–H groups in total. The summed E-state index contributed by atoms with van der Waals surface area (Å²) in [6.07, 6.45) is 0.579. The molecule has 2 aromatic rings. The maximum Gasteiger partial charge on any atom is 0.143 e. The number of pyridine rings is 1. The number of ether oxygens (including phenoxy) is 2. The normalized spacial score (nSPS) is 12.1. The SMILES string of the molecule is COc1ccc(C(O)c2ccc(Cl)cn2)c(OC)c1Br. The molecule has 2 rings (SSSR count). The maximum absolute atomic E-state index is 10.4. The minimum atomic E-state index is -0.913. The fourth-order valence-corrected chi connectivity index (χ4v) is 2.64. The van der Waals surface area contributed by atoms with Crippen LogP contribution in [0.15, 0.2) is 34.9 Å². The summed E-state index contributed by atoms with van der Waals surface area (Å²) in [7, 11) is 3.10. The molecule has 0 aliphatic rings. The van der Waals surface area contributed by atoms with E-state index in [9.17, 15) is 5.11 Å². The fourth-order valence-electron chi connectivity index (χ4n) is 1.84. The number of nitrogens with zero attached hydrogens (tertiary/aromatic N) is 1. The summed E-state index contributed by atoms with van der Waals surface area (Å²) in [4.78, 5) is 4.12. The topological polar surface area (TPSA) is 51.6 Å². The van der Waals surface area contributed by atoms with E-state index in [-0.39, 0.29) is 0 Å². The van der Waals surface area contributed by atoms with Gasteiger partial charge in [-0.3, -0.25) is 4.98 Å². The Bertz CT molecular complexity index is 604. The monoisotopic (exact) mass is 357 g/mol. The van der Waals surface area contributed by atoms with Crippen LogP contribution in [-0.4, -0.2) is 24.3 Å². The van der Waals surface area contributed by atoms with Crippen molar-refractivity contribution in [2.45, 2.75) is 6.10 Å². The molecular formula is C14H13BrClNO3. The second-order valence-electron chi connectivity index (χ2n) is 4.01. The van der Waals surface area contributed by atoms with Gasteiger partial charge in [0.25, 0.3) is 0 Å². The van der Waals surface area contributed by atoms with Crippen molar-refractivity contribution in [3.05, 3.63) is 51.2 Å². The molecule has 20 heavy (non-hydrogen) atoms. The Morgan fingerprint density at radius 2 is 1.95 bits per heavy atom. The van der Waals surface area contributed by atoms with Gasteiger partial charge in [0.1, 0.15) is 22.1 Å². The van der Waals surface area contributed by atoms with Crippen LogP contribution in [0.4, 0.5) is 0 Å². The summed E-state index contributed by atoms with van der Waals surface area (Å²) >= 11 is 9.20. The number of rotatable bonds is 4. The second-order valence-corrected chi connectivity index (χ2v) is 5.24. The summed E-state index contributed by atoms with van der Waals surface area (Å²) in [6.45, 7) is 0. The Labute approximate surface area is 130 Å². The zero-order chi connectivity index (χ0) is 14.7. The van der Waals surface area contributed by atoms with E-state index in [1.165, 1.54) is 13.3 Å². The van der Waals surface area contributed by atoms with Crippen LogP contribution in [0.25, 0.3) is 0 Å². The van der Waals surface area contributed by atoms with Crippen LogP contribution in [0.1, 0.15) is 17.4 Å². The Morgan fingerprint density at radius 1 is 1.20 bits per heavy atom. The summed E-state index contributed by atoms with van der Waals surface area (Å²) < 4.78 is 11.2. The third-order valence-electron chi connectivity index (χ3n) is 2.84. The fraction of sp³-hybridized carbons (Fsp3) is 0.214. The van der Waals surface area contributed by atoms with Crippen molar-refractivity contribution >= 4 is 27.5 Å². The smallest absolute Gasteiger partial charge is 0.143 e. The number of halogens is 2. The molecule has 0 bridgehead atoms. The Morgan fingerprint density at radius 3 is 2.50 bits per heavy atom. The van der Waals surface area contributed by atoms with Gasteiger partial charge in [-0.25, -0.2) is 0 Å². The summed E-state index contributed by atoms with van der Waals surface area (Å²) in [5, 5.41) is 11.0. The lowest BCUT2D eigenvalue weighted by molar-refractivity contribution is 0.209. The van der Waals surface area contributed by atoms with Crippen LogP contribution in [-0.2, 0) is 0 Å². The van der Waals surface area contributed by atoms with E-state index in [0.29, 0.717) is 32.3 Å². The van der Waals surface area contributed by atoms with Gasteiger partial charge >= 0.3 is 0 Å². The summed E-state index contributed by atoms with van der Waals surface area (Å²) in [6, 6.07) is 6.84. The number of aliphatic hydroxyl groups excluding tert-OH is 1. The molecule has 0 fully saturated rings. The van der Waals surface area contributed by atoms with Gasteiger partial charge in [-0.1, -0.05) is 11.6 Å². The number of aliphatic hydroxyl groups is 1. The van der Waals surface area contributed by atoms with Gasteiger partial charge < -0.3 is 14.6 Å². The third kappa shape index (κ3) is 2.90. The van der Waals surface area contributed by atoms with Gasteiger partial charge in [0.15, 0.2) is 0 Å². The van der Waals surface area contributed by atoms with Crippen molar-refractivity contribution in [3.8, 4) is 11.5 Å². The van der Waals surface area contributed by atoms with Crippen LogP contribution in [0.5, 0.6) is 11.5 Å². The molecule has 0 aliphatic carbocycles. The first-order chi connectivity index (χ1) is 9.58. The minimum absolute atomic E-state index is 0.491. The summed E-state index contributed by atoms with van der Waals surface area (Å²) in [5.41, 5.74) is 1.08. The standard InChI is InChI=1S/C14H13BrClNO3/c1-19-11-6-4-9(14(20-2)12(11)15)13(18)10-5-3-8(16)7-17-10/h3-7,13,18H,1-2H3. The number of benzene rings is 1. The van der Waals surface area contributed by atoms with Gasteiger partial charge in [-0.2, -0.15) is 0 Å². The molecular weight excluding hydrogens is 346 g/mol. The van der Waals surface area contributed by atoms with E-state index < -0.39 is 6.10 Å². The molecule has 0 spiro atoms. The number of methoxy groups -OCH3 is 2. The van der Waals surface area contributed by atoms with Crippen molar-refractivity contribution in [1.82, 2.24) is 4.98 Å². The zero-order valence-corrected chi connectivity index (χ0v) is 13.3. The molecule has 1 aromatic carbocycles. The Hall–Kier alpha value is -1.30. The molecule has 0 aliphatic heterocycles. The predicted molar refractivity (Wildman–Crippen MR) is 80.6 cm³/mol. The molecule has 0 radical (unpaired) electrons. The van der Waals surface area contributed by atoms with E-state index in [1.807, 2.05) is 0 Å². The lowest BCUT2D eigenvalue weighted by Crippen LogP contribution is -2.05. The number of hydrogen-bond acceptors (Lipinski definition) is 4. The van der Waals surface area contributed by atoms with Crippen LogP contribution >= 0.6 is 27.5 Å². The molecule has 0 amide bonds. The number of aromatic nitrogens is 1. The van der Waals surface area contributed by atoms with Gasteiger partial charge in [0.2, 0.25) is 0 Å². The lowest BCUT2D eigenvalue weighted by atomic mass is 10.0. The molecule has 4 nitrogen and oxygen atoms in total. The van der Waals surface area contributed by atoms with E-state index in [0.717, 1.165) is 0 Å². The Balaban J connectivity index is 2.46. The van der Waals surface area contributed by atoms with Crippen molar-refractivity contribution in [2.24, 2.45) is 0 Å². The van der Waals surface area contributed by atoms with Gasteiger partial charge in [-0.05, 0) is 40.2 Å². The first-order valence-corrected chi connectivity index (χ1v) is 6.95. The molecule has 0 saturated heterocycles. The number of hydrogen-bond donors (Lipinski definition) is 1. The van der Waals surface area contributed by atoms with E-state index in [4.69, 9.17) is 21.1 Å². The largest absolute Gasteiger partial charge is 0.495 e. The molecule has 106 valence electrons. The quantitative estimate of drug-likeness (QED) is 0.907. The molecule has 1 heterocycles. The second kappa shape index (κ2) is 6.43. The maximum atomic E-state index is 10.4. The lowest BCUT2D eigenvalue weighted by Gasteiger charge is -2.17. The van der Waals surface area contributed by atoms with E-state index in [2.05, 4.69) is 20.9 Å². The first kappa shape index (κ1) is 15.1. The highest BCUT2D eigenvalue weighted by Gasteiger charge is 2.20. The Kier molecular flexibility index (Phi) is 4.86. The van der Waals surface area contributed by atoms with Crippen molar-refractivity contribution in [2.75, 3.05) is 14.2 Å². The predicted octanol–water partition coefficient (Wildman–Crippen LogP) is 3.60. The molecule has 1 unspecified atom stereocenters. The highest BCUT2D eigenvalue weighted by atomic mass is 79.9. The minimum Gasteiger partial charge on any atom is -0.495 e.